The Labute approximate surface area is 78.3 Å². The van der Waals surface area contributed by atoms with Gasteiger partial charge in [0.05, 0.1) is 0 Å². The van der Waals surface area contributed by atoms with Crippen LogP contribution in [0.15, 0.2) is 16.5 Å². The van der Waals surface area contributed by atoms with Gasteiger partial charge in [0.1, 0.15) is 6.54 Å². The van der Waals surface area contributed by atoms with Crippen LogP contribution in [0, 0.1) is 0 Å². The fourth-order valence-corrected chi connectivity index (χ4v) is 0.825. The molecule has 0 aliphatic rings. The quantitative estimate of drug-likeness (QED) is 0.760. The third-order valence-corrected chi connectivity index (χ3v) is 1.40. The van der Waals surface area contributed by atoms with Crippen LogP contribution in [0.4, 0.5) is 0 Å². The van der Waals surface area contributed by atoms with Gasteiger partial charge in [0.25, 0.3) is 5.91 Å². The Bertz CT molecular complexity index is 333. The van der Waals surface area contributed by atoms with Crippen molar-refractivity contribution >= 4 is 23.5 Å². The number of rotatable bonds is 3. The standard InChI is InChI=1S/C7H6ClNO4/c8-5-2-1-4(13-5)7(12)9-3-6(10)11/h1-2H,3H2,(H,9,12)(H,10,11). The second-order valence-electron chi connectivity index (χ2n) is 2.18. The molecule has 70 valence electrons. The zero-order chi connectivity index (χ0) is 9.84. The van der Waals surface area contributed by atoms with E-state index in [0.29, 0.717) is 0 Å². The van der Waals surface area contributed by atoms with Gasteiger partial charge in [-0.3, -0.25) is 9.59 Å². The summed E-state index contributed by atoms with van der Waals surface area (Å²) in [7, 11) is 0. The van der Waals surface area contributed by atoms with E-state index in [-0.39, 0.29) is 11.0 Å². The van der Waals surface area contributed by atoms with Crippen LogP contribution in [-0.2, 0) is 4.79 Å². The summed E-state index contributed by atoms with van der Waals surface area (Å²) in [4.78, 5) is 21.1. The van der Waals surface area contributed by atoms with Gasteiger partial charge in [0.2, 0.25) is 0 Å². The van der Waals surface area contributed by atoms with Crippen molar-refractivity contribution < 1.29 is 19.1 Å². The van der Waals surface area contributed by atoms with Crippen LogP contribution in [0.5, 0.6) is 0 Å². The number of nitrogens with one attached hydrogen (secondary N) is 1. The highest BCUT2D eigenvalue weighted by Crippen LogP contribution is 2.12. The van der Waals surface area contributed by atoms with E-state index in [2.05, 4.69) is 5.32 Å². The summed E-state index contributed by atoms with van der Waals surface area (Å²) in [6.07, 6.45) is 0. The van der Waals surface area contributed by atoms with Crippen LogP contribution in [-0.4, -0.2) is 23.5 Å². The summed E-state index contributed by atoms with van der Waals surface area (Å²) in [6.45, 7) is -0.447. The molecule has 2 N–H and O–H groups in total. The Kier molecular flexibility index (Phi) is 2.92. The monoisotopic (exact) mass is 203 g/mol. The average molecular weight is 204 g/mol. The molecule has 6 heteroatoms. The maximum absolute atomic E-state index is 11.0. The molecule has 0 spiro atoms. The minimum Gasteiger partial charge on any atom is -0.480 e. The molecule has 1 heterocycles. The molecule has 0 bridgehead atoms. The predicted octanol–water partition coefficient (Wildman–Crippen LogP) is 0.747. The Morgan fingerprint density at radius 2 is 2.23 bits per heavy atom. The van der Waals surface area contributed by atoms with Crippen LogP contribution in [0.1, 0.15) is 10.6 Å². The number of amides is 1. The molecule has 0 aliphatic carbocycles. The summed E-state index contributed by atoms with van der Waals surface area (Å²) < 4.78 is 4.74. The van der Waals surface area contributed by atoms with E-state index >= 15 is 0 Å². The fraction of sp³-hybridized carbons (Fsp3) is 0.143. The molecule has 0 unspecified atom stereocenters. The van der Waals surface area contributed by atoms with Crippen molar-refractivity contribution in [1.29, 1.82) is 0 Å². The number of hydrogen-bond donors (Lipinski definition) is 2. The number of hydrogen-bond acceptors (Lipinski definition) is 3. The lowest BCUT2D eigenvalue weighted by atomic mass is 10.4. The van der Waals surface area contributed by atoms with E-state index in [1.165, 1.54) is 12.1 Å². The smallest absolute Gasteiger partial charge is 0.322 e. The molecule has 13 heavy (non-hydrogen) atoms. The number of carbonyl (C=O) groups excluding carboxylic acids is 1. The van der Waals surface area contributed by atoms with Crippen molar-refractivity contribution in [2.24, 2.45) is 0 Å². The third-order valence-electron chi connectivity index (χ3n) is 1.20. The van der Waals surface area contributed by atoms with E-state index < -0.39 is 18.4 Å². The minimum absolute atomic E-state index is 0.00810. The highest BCUT2D eigenvalue weighted by molar-refractivity contribution is 6.29. The molecular formula is C7H6ClNO4. The zero-order valence-corrected chi connectivity index (χ0v) is 7.17. The van der Waals surface area contributed by atoms with Gasteiger partial charge >= 0.3 is 5.97 Å². The Morgan fingerprint density at radius 1 is 1.54 bits per heavy atom. The molecule has 1 rings (SSSR count). The number of carboxylic acids is 1. The number of carboxylic acid groups (broad SMARTS) is 1. The first-order chi connectivity index (χ1) is 6.09. The van der Waals surface area contributed by atoms with Crippen LogP contribution >= 0.6 is 11.6 Å². The van der Waals surface area contributed by atoms with Gasteiger partial charge in [-0.15, -0.1) is 0 Å². The van der Waals surface area contributed by atoms with Gasteiger partial charge in [0, 0.05) is 0 Å². The lowest BCUT2D eigenvalue weighted by molar-refractivity contribution is -0.135. The van der Waals surface area contributed by atoms with Crippen molar-refractivity contribution in [3.63, 3.8) is 0 Å². The molecule has 0 saturated heterocycles. The molecular weight excluding hydrogens is 198 g/mol. The number of carbonyl (C=O) groups is 2. The largest absolute Gasteiger partial charge is 0.480 e. The summed E-state index contributed by atoms with van der Waals surface area (Å²) in [5.41, 5.74) is 0. The lowest BCUT2D eigenvalue weighted by Gasteiger charge is -1.97. The SMILES string of the molecule is O=C(O)CNC(=O)c1ccc(Cl)o1. The Balaban J connectivity index is 2.54. The molecule has 0 aromatic carbocycles. The van der Waals surface area contributed by atoms with Crippen molar-refractivity contribution in [2.75, 3.05) is 6.54 Å². The molecule has 5 nitrogen and oxygen atoms in total. The second kappa shape index (κ2) is 3.95. The first-order valence-electron chi connectivity index (χ1n) is 3.35. The van der Waals surface area contributed by atoms with Crippen LogP contribution < -0.4 is 5.32 Å². The first kappa shape index (κ1) is 9.60. The molecule has 0 atom stereocenters. The van der Waals surface area contributed by atoms with E-state index in [1.807, 2.05) is 0 Å². The topological polar surface area (TPSA) is 79.5 Å². The van der Waals surface area contributed by atoms with Gasteiger partial charge in [-0.1, -0.05) is 0 Å². The highest BCUT2D eigenvalue weighted by atomic mass is 35.5. The highest BCUT2D eigenvalue weighted by Gasteiger charge is 2.10. The van der Waals surface area contributed by atoms with E-state index in [9.17, 15) is 9.59 Å². The fourth-order valence-electron chi connectivity index (χ4n) is 0.679. The molecule has 1 aromatic heterocycles. The summed E-state index contributed by atoms with van der Waals surface area (Å²) in [5.74, 6) is -1.73. The summed E-state index contributed by atoms with van der Waals surface area (Å²) in [5, 5.41) is 10.4. The van der Waals surface area contributed by atoms with Gasteiger partial charge in [-0.05, 0) is 23.7 Å². The van der Waals surface area contributed by atoms with Gasteiger partial charge in [0.15, 0.2) is 11.0 Å². The second-order valence-corrected chi connectivity index (χ2v) is 2.55. The lowest BCUT2D eigenvalue weighted by Crippen LogP contribution is -2.28. The first-order valence-corrected chi connectivity index (χ1v) is 3.72. The molecule has 0 fully saturated rings. The van der Waals surface area contributed by atoms with Gasteiger partial charge < -0.3 is 14.8 Å². The predicted molar refractivity (Wildman–Crippen MR) is 43.7 cm³/mol. The Morgan fingerprint density at radius 3 is 2.69 bits per heavy atom. The zero-order valence-electron chi connectivity index (χ0n) is 6.41. The number of aliphatic carboxylic acids is 1. The third kappa shape index (κ3) is 2.79. The minimum atomic E-state index is -1.12. The molecule has 0 aliphatic heterocycles. The summed E-state index contributed by atoms with van der Waals surface area (Å²) in [6, 6.07) is 2.76. The molecule has 1 amide bonds. The van der Waals surface area contributed by atoms with E-state index in [0.717, 1.165) is 0 Å². The molecule has 1 aromatic rings. The van der Waals surface area contributed by atoms with Crippen molar-refractivity contribution in [1.82, 2.24) is 5.32 Å². The maximum atomic E-state index is 11.0. The van der Waals surface area contributed by atoms with Gasteiger partial charge in [-0.2, -0.15) is 0 Å². The summed E-state index contributed by atoms with van der Waals surface area (Å²) >= 11 is 5.40. The average Bonchev–Trinajstić information content (AvgIpc) is 2.47. The van der Waals surface area contributed by atoms with Gasteiger partial charge in [-0.25, -0.2) is 0 Å². The molecule has 0 radical (unpaired) electrons. The molecule has 0 saturated carbocycles. The van der Waals surface area contributed by atoms with Crippen LogP contribution in [0.25, 0.3) is 0 Å². The van der Waals surface area contributed by atoms with Crippen molar-refractivity contribution in [3.8, 4) is 0 Å². The Hall–Kier alpha value is -1.49. The number of halogens is 1. The van der Waals surface area contributed by atoms with E-state index in [4.69, 9.17) is 21.1 Å². The van der Waals surface area contributed by atoms with Crippen molar-refractivity contribution in [2.45, 2.75) is 0 Å². The maximum Gasteiger partial charge on any atom is 0.322 e. The normalized spacial score (nSPS) is 9.62. The number of furan rings is 1. The van der Waals surface area contributed by atoms with Crippen LogP contribution in [0.3, 0.4) is 0 Å². The van der Waals surface area contributed by atoms with Crippen molar-refractivity contribution in [3.05, 3.63) is 23.1 Å². The van der Waals surface area contributed by atoms with Crippen LogP contribution in [0.2, 0.25) is 5.22 Å². The van der Waals surface area contributed by atoms with E-state index in [1.54, 1.807) is 0 Å².